The van der Waals surface area contributed by atoms with Crippen molar-refractivity contribution in [3.63, 3.8) is 0 Å². The first-order chi connectivity index (χ1) is 5.76. The molecule has 1 N–H and O–H groups in total. The summed E-state index contributed by atoms with van der Waals surface area (Å²) in [6.45, 7) is 7.84. The highest BCUT2D eigenvalue weighted by molar-refractivity contribution is 5.97. The number of hydrogen-bond acceptors (Lipinski definition) is 1. The number of nitrogens with one attached hydrogen (secondary N) is 1. The standard InChI is InChI=1S/C11H19N/c1-4-7-9-10(8-5-2)11(12)6-3/h5,8,12H,2,4,6-7,9H2,1,3H3/b10-8-,12-11?. The van der Waals surface area contributed by atoms with E-state index in [2.05, 4.69) is 13.5 Å². The van der Waals surface area contributed by atoms with Gasteiger partial charge in [0.1, 0.15) is 0 Å². The molecule has 0 rings (SSSR count). The topological polar surface area (TPSA) is 23.9 Å². The van der Waals surface area contributed by atoms with E-state index in [4.69, 9.17) is 5.41 Å². The van der Waals surface area contributed by atoms with E-state index in [0.29, 0.717) is 0 Å². The maximum atomic E-state index is 7.66. The van der Waals surface area contributed by atoms with Crippen molar-refractivity contribution in [2.75, 3.05) is 0 Å². The molecule has 0 unspecified atom stereocenters. The maximum Gasteiger partial charge on any atom is 0.0343 e. The van der Waals surface area contributed by atoms with E-state index in [9.17, 15) is 0 Å². The summed E-state index contributed by atoms with van der Waals surface area (Å²) in [6.07, 6.45) is 7.93. The molecule has 68 valence electrons. The van der Waals surface area contributed by atoms with Crippen LogP contribution in [0.3, 0.4) is 0 Å². The largest absolute Gasteiger partial charge is 0.305 e. The van der Waals surface area contributed by atoms with Gasteiger partial charge in [0.2, 0.25) is 0 Å². The minimum atomic E-state index is 0.753. The summed E-state index contributed by atoms with van der Waals surface area (Å²) in [7, 11) is 0. The molecule has 0 fully saturated rings. The minimum Gasteiger partial charge on any atom is -0.305 e. The van der Waals surface area contributed by atoms with Crippen molar-refractivity contribution in [2.45, 2.75) is 39.5 Å². The van der Waals surface area contributed by atoms with Crippen molar-refractivity contribution < 1.29 is 0 Å². The second kappa shape index (κ2) is 6.84. The highest BCUT2D eigenvalue weighted by Crippen LogP contribution is 2.10. The van der Waals surface area contributed by atoms with E-state index in [0.717, 1.165) is 24.1 Å². The van der Waals surface area contributed by atoms with E-state index < -0.39 is 0 Å². The normalized spacial score (nSPS) is 11.3. The Labute approximate surface area is 75.7 Å². The zero-order valence-electron chi connectivity index (χ0n) is 8.19. The van der Waals surface area contributed by atoms with Crippen LogP contribution in [0.2, 0.25) is 0 Å². The zero-order valence-corrected chi connectivity index (χ0v) is 8.19. The first kappa shape index (κ1) is 11.2. The van der Waals surface area contributed by atoms with Gasteiger partial charge in [-0.25, -0.2) is 0 Å². The molecule has 0 spiro atoms. The predicted molar refractivity (Wildman–Crippen MR) is 55.8 cm³/mol. The van der Waals surface area contributed by atoms with Gasteiger partial charge in [0.25, 0.3) is 0 Å². The molecule has 0 atom stereocenters. The van der Waals surface area contributed by atoms with Crippen molar-refractivity contribution in [3.05, 3.63) is 24.3 Å². The molecular formula is C11H19N. The lowest BCUT2D eigenvalue weighted by molar-refractivity contribution is 0.800. The highest BCUT2D eigenvalue weighted by atomic mass is 14.4. The van der Waals surface area contributed by atoms with Crippen molar-refractivity contribution in [3.8, 4) is 0 Å². The van der Waals surface area contributed by atoms with Crippen molar-refractivity contribution >= 4 is 5.71 Å². The van der Waals surface area contributed by atoms with Crippen LogP contribution in [0.5, 0.6) is 0 Å². The number of rotatable bonds is 6. The van der Waals surface area contributed by atoms with Crippen molar-refractivity contribution in [2.24, 2.45) is 0 Å². The molecule has 0 aliphatic heterocycles. The van der Waals surface area contributed by atoms with Gasteiger partial charge in [0.15, 0.2) is 0 Å². The van der Waals surface area contributed by atoms with Crippen LogP contribution in [0.1, 0.15) is 39.5 Å². The molecule has 0 aromatic rings. The monoisotopic (exact) mass is 165 g/mol. The van der Waals surface area contributed by atoms with Crippen LogP contribution in [0.15, 0.2) is 24.3 Å². The average molecular weight is 165 g/mol. The second-order valence-corrected chi connectivity index (χ2v) is 2.86. The molecular weight excluding hydrogens is 146 g/mol. The lowest BCUT2D eigenvalue weighted by Gasteiger charge is -2.05. The highest BCUT2D eigenvalue weighted by Gasteiger charge is 2.00. The zero-order chi connectivity index (χ0) is 9.40. The summed E-state index contributed by atoms with van der Waals surface area (Å²) in [5.74, 6) is 0. The summed E-state index contributed by atoms with van der Waals surface area (Å²) in [4.78, 5) is 0. The first-order valence-electron chi connectivity index (χ1n) is 4.65. The summed E-state index contributed by atoms with van der Waals surface area (Å²) >= 11 is 0. The Hall–Kier alpha value is -0.850. The summed E-state index contributed by atoms with van der Waals surface area (Å²) in [6, 6.07) is 0. The molecule has 1 heteroatoms. The van der Waals surface area contributed by atoms with E-state index in [1.165, 1.54) is 12.8 Å². The SMILES string of the molecule is C=C/C=C(/CCCC)C(=N)CC. The maximum absolute atomic E-state index is 7.66. The second-order valence-electron chi connectivity index (χ2n) is 2.86. The molecule has 0 saturated carbocycles. The van der Waals surface area contributed by atoms with E-state index in [-0.39, 0.29) is 0 Å². The first-order valence-corrected chi connectivity index (χ1v) is 4.65. The van der Waals surface area contributed by atoms with Gasteiger partial charge in [-0.05, 0) is 24.8 Å². The van der Waals surface area contributed by atoms with E-state index in [1.54, 1.807) is 6.08 Å². The quantitative estimate of drug-likeness (QED) is 0.458. The van der Waals surface area contributed by atoms with Crippen LogP contribution < -0.4 is 0 Å². The lowest BCUT2D eigenvalue weighted by Crippen LogP contribution is -1.99. The third-order valence-corrected chi connectivity index (χ3v) is 1.86. The van der Waals surface area contributed by atoms with Gasteiger partial charge in [-0.1, -0.05) is 39.0 Å². The fourth-order valence-corrected chi connectivity index (χ4v) is 1.07. The van der Waals surface area contributed by atoms with Crippen LogP contribution >= 0.6 is 0 Å². The fraction of sp³-hybridized carbons (Fsp3) is 0.545. The Bertz CT molecular complexity index is 177. The minimum absolute atomic E-state index is 0.753. The smallest absolute Gasteiger partial charge is 0.0343 e. The molecule has 0 amide bonds. The van der Waals surface area contributed by atoms with Gasteiger partial charge in [-0.15, -0.1) is 0 Å². The van der Waals surface area contributed by atoms with Gasteiger partial charge in [0, 0.05) is 5.71 Å². The Morgan fingerprint density at radius 3 is 2.50 bits per heavy atom. The third kappa shape index (κ3) is 4.12. The van der Waals surface area contributed by atoms with E-state index in [1.807, 2.05) is 13.0 Å². The Kier molecular flexibility index (Phi) is 6.35. The molecule has 0 saturated heterocycles. The van der Waals surface area contributed by atoms with Gasteiger partial charge in [0.05, 0.1) is 0 Å². The van der Waals surface area contributed by atoms with Crippen LogP contribution in [-0.4, -0.2) is 5.71 Å². The summed E-state index contributed by atoms with van der Waals surface area (Å²) in [5.41, 5.74) is 1.90. The number of hydrogen-bond donors (Lipinski definition) is 1. The van der Waals surface area contributed by atoms with Crippen molar-refractivity contribution in [1.82, 2.24) is 0 Å². The molecule has 0 aromatic heterocycles. The molecule has 0 radical (unpaired) electrons. The molecule has 1 nitrogen and oxygen atoms in total. The molecule has 0 aromatic carbocycles. The van der Waals surface area contributed by atoms with Gasteiger partial charge in [-0.3, -0.25) is 0 Å². The fourth-order valence-electron chi connectivity index (χ4n) is 1.07. The van der Waals surface area contributed by atoms with Crippen LogP contribution in [0.25, 0.3) is 0 Å². The van der Waals surface area contributed by atoms with Crippen LogP contribution in [0.4, 0.5) is 0 Å². The molecule has 12 heavy (non-hydrogen) atoms. The van der Waals surface area contributed by atoms with Gasteiger partial charge >= 0.3 is 0 Å². The lowest BCUT2D eigenvalue weighted by atomic mass is 10.0. The Balaban J connectivity index is 4.13. The average Bonchev–Trinajstić information content (AvgIpc) is 2.11. The van der Waals surface area contributed by atoms with Crippen LogP contribution in [0, 0.1) is 5.41 Å². The number of unbranched alkanes of at least 4 members (excludes halogenated alkanes) is 1. The summed E-state index contributed by atoms with van der Waals surface area (Å²) in [5, 5.41) is 7.66. The van der Waals surface area contributed by atoms with E-state index >= 15 is 0 Å². The molecule has 0 heterocycles. The summed E-state index contributed by atoms with van der Waals surface area (Å²) < 4.78 is 0. The van der Waals surface area contributed by atoms with Crippen LogP contribution in [-0.2, 0) is 0 Å². The molecule has 0 aliphatic carbocycles. The van der Waals surface area contributed by atoms with Gasteiger partial charge < -0.3 is 5.41 Å². The molecule has 0 bridgehead atoms. The third-order valence-electron chi connectivity index (χ3n) is 1.86. The predicted octanol–water partition coefficient (Wildman–Crippen LogP) is 3.72. The number of allylic oxidation sites excluding steroid dienone is 3. The molecule has 0 aliphatic rings. The Morgan fingerprint density at radius 2 is 2.08 bits per heavy atom. The van der Waals surface area contributed by atoms with Crippen molar-refractivity contribution in [1.29, 1.82) is 5.41 Å². The Morgan fingerprint density at radius 1 is 1.42 bits per heavy atom. The van der Waals surface area contributed by atoms with Gasteiger partial charge in [-0.2, -0.15) is 0 Å².